The Morgan fingerprint density at radius 2 is 2.24 bits per heavy atom. The summed E-state index contributed by atoms with van der Waals surface area (Å²) in [6, 6.07) is -0.351. The standard InChI is InChI=1S/C15H22N4O2/c1-2-3-14(20)18-8-12-7-16-10-19(12)13(9-18)15(21)17-6-11-4-5-11/h7,10-11,13H,2-6,8-9H2,1H3,(H,17,21). The lowest BCUT2D eigenvalue weighted by molar-refractivity contribution is -0.135. The maximum Gasteiger partial charge on any atom is 0.244 e. The first kappa shape index (κ1) is 14.1. The number of nitrogens with one attached hydrogen (secondary N) is 1. The molecular formula is C15H22N4O2. The minimum atomic E-state index is -0.351. The third kappa shape index (κ3) is 3.09. The van der Waals surface area contributed by atoms with Crippen molar-refractivity contribution in [3.63, 3.8) is 0 Å². The molecule has 3 rings (SSSR count). The van der Waals surface area contributed by atoms with Crippen LogP contribution in [0.3, 0.4) is 0 Å². The molecule has 0 aromatic carbocycles. The van der Waals surface area contributed by atoms with Crippen LogP contribution in [0.2, 0.25) is 0 Å². The van der Waals surface area contributed by atoms with E-state index in [4.69, 9.17) is 0 Å². The van der Waals surface area contributed by atoms with Crippen molar-refractivity contribution in [1.29, 1.82) is 0 Å². The van der Waals surface area contributed by atoms with Gasteiger partial charge in [-0.2, -0.15) is 0 Å². The Kier molecular flexibility index (Phi) is 3.94. The molecule has 1 atom stereocenters. The molecule has 2 heterocycles. The first-order valence-electron chi connectivity index (χ1n) is 7.75. The first-order valence-corrected chi connectivity index (χ1v) is 7.75. The molecule has 0 saturated heterocycles. The van der Waals surface area contributed by atoms with Gasteiger partial charge in [-0.05, 0) is 25.2 Å². The molecule has 6 nitrogen and oxygen atoms in total. The number of hydrogen-bond donors (Lipinski definition) is 1. The van der Waals surface area contributed by atoms with Gasteiger partial charge in [-0.25, -0.2) is 4.98 Å². The summed E-state index contributed by atoms with van der Waals surface area (Å²) in [5, 5.41) is 3.01. The third-order valence-corrected chi connectivity index (χ3v) is 4.21. The van der Waals surface area contributed by atoms with Gasteiger partial charge < -0.3 is 14.8 Å². The molecule has 1 aromatic heterocycles. The predicted octanol–water partition coefficient (Wildman–Crippen LogP) is 1.09. The number of carbonyl (C=O) groups is 2. The lowest BCUT2D eigenvalue weighted by Gasteiger charge is -2.33. The average molecular weight is 290 g/mol. The van der Waals surface area contributed by atoms with Crippen LogP contribution in [0, 0.1) is 5.92 Å². The number of nitrogens with zero attached hydrogens (tertiary/aromatic N) is 3. The number of rotatable bonds is 5. The Hall–Kier alpha value is -1.85. The van der Waals surface area contributed by atoms with E-state index in [0.29, 0.717) is 25.4 Å². The number of amides is 2. The molecule has 1 unspecified atom stereocenters. The Morgan fingerprint density at radius 3 is 2.95 bits per heavy atom. The fourth-order valence-corrected chi connectivity index (χ4v) is 2.75. The summed E-state index contributed by atoms with van der Waals surface area (Å²) >= 11 is 0. The zero-order valence-corrected chi connectivity index (χ0v) is 12.4. The normalized spacial score (nSPS) is 21.0. The van der Waals surface area contributed by atoms with Crippen LogP contribution in [0.25, 0.3) is 0 Å². The lowest BCUT2D eigenvalue weighted by Crippen LogP contribution is -2.46. The van der Waals surface area contributed by atoms with Gasteiger partial charge in [0.05, 0.1) is 25.1 Å². The van der Waals surface area contributed by atoms with Crippen LogP contribution in [0.1, 0.15) is 44.3 Å². The summed E-state index contributed by atoms with van der Waals surface area (Å²) in [5.41, 5.74) is 0.928. The van der Waals surface area contributed by atoms with Crippen molar-refractivity contribution >= 4 is 11.8 Å². The van der Waals surface area contributed by atoms with Gasteiger partial charge in [0.2, 0.25) is 11.8 Å². The predicted molar refractivity (Wildman–Crippen MR) is 77.3 cm³/mol. The van der Waals surface area contributed by atoms with Crippen molar-refractivity contribution in [3.05, 3.63) is 18.2 Å². The number of carbonyl (C=O) groups excluding carboxylic acids is 2. The highest BCUT2D eigenvalue weighted by Crippen LogP contribution is 2.28. The molecule has 2 amide bonds. The summed E-state index contributed by atoms with van der Waals surface area (Å²) in [6.45, 7) is 3.73. The average Bonchev–Trinajstić information content (AvgIpc) is 3.19. The molecule has 2 aliphatic rings. The third-order valence-electron chi connectivity index (χ3n) is 4.21. The van der Waals surface area contributed by atoms with Crippen molar-refractivity contribution < 1.29 is 9.59 Å². The Labute approximate surface area is 124 Å². The van der Waals surface area contributed by atoms with E-state index in [1.165, 1.54) is 12.8 Å². The van der Waals surface area contributed by atoms with E-state index in [1.807, 2.05) is 11.5 Å². The Morgan fingerprint density at radius 1 is 1.43 bits per heavy atom. The van der Waals surface area contributed by atoms with Gasteiger partial charge in [-0.1, -0.05) is 6.92 Å². The molecule has 114 valence electrons. The molecular weight excluding hydrogens is 268 g/mol. The summed E-state index contributed by atoms with van der Waals surface area (Å²) in [7, 11) is 0. The first-order chi connectivity index (χ1) is 10.2. The molecule has 1 fully saturated rings. The highest BCUT2D eigenvalue weighted by atomic mass is 16.2. The van der Waals surface area contributed by atoms with Crippen molar-refractivity contribution in [2.75, 3.05) is 13.1 Å². The smallest absolute Gasteiger partial charge is 0.244 e. The van der Waals surface area contributed by atoms with E-state index in [1.54, 1.807) is 17.4 Å². The summed E-state index contributed by atoms with van der Waals surface area (Å²) < 4.78 is 1.90. The molecule has 1 saturated carbocycles. The van der Waals surface area contributed by atoms with Crippen LogP contribution in [0.5, 0.6) is 0 Å². The monoisotopic (exact) mass is 290 g/mol. The summed E-state index contributed by atoms with van der Waals surface area (Å²) in [4.78, 5) is 30.5. The largest absolute Gasteiger partial charge is 0.354 e. The molecule has 1 aromatic rings. The minimum Gasteiger partial charge on any atom is -0.354 e. The fourth-order valence-electron chi connectivity index (χ4n) is 2.75. The second-order valence-corrected chi connectivity index (χ2v) is 6.02. The van der Waals surface area contributed by atoms with Crippen molar-refractivity contribution in [3.8, 4) is 0 Å². The van der Waals surface area contributed by atoms with E-state index in [0.717, 1.165) is 18.7 Å². The molecule has 6 heteroatoms. The maximum absolute atomic E-state index is 12.4. The summed E-state index contributed by atoms with van der Waals surface area (Å²) in [5.74, 6) is 0.762. The van der Waals surface area contributed by atoms with E-state index in [2.05, 4.69) is 10.3 Å². The van der Waals surface area contributed by atoms with Crippen LogP contribution < -0.4 is 5.32 Å². The molecule has 0 spiro atoms. The molecule has 21 heavy (non-hydrogen) atoms. The van der Waals surface area contributed by atoms with Crippen molar-refractivity contribution in [1.82, 2.24) is 19.8 Å². The molecule has 1 aliphatic carbocycles. The molecule has 0 radical (unpaired) electrons. The minimum absolute atomic E-state index is 0.00449. The zero-order chi connectivity index (χ0) is 14.8. The fraction of sp³-hybridized carbons (Fsp3) is 0.667. The highest BCUT2D eigenvalue weighted by molar-refractivity contribution is 5.83. The second-order valence-electron chi connectivity index (χ2n) is 6.02. The van der Waals surface area contributed by atoms with E-state index in [9.17, 15) is 9.59 Å². The number of hydrogen-bond acceptors (Lipinski definition) is 3. The molecule has 1 N–H and O–H groups in total. The van der Waals surface area contributed by atoms with Crippen molar-refractivity contribution in [2.45, 2.75) is 45.2 Å². The Bertz CT molecular complexity index is 536. The topological polar surface area (TPSA) is 67.2 Å². The van der Waals surface area contributed by atoms with Crippen LogP contribution in [0.4, 0.5) is 0 Å². The van der Waals surface area contributed by atoms with Crippen LogP contribution in [0.15, 0.2) is 12.5 Å². The number of imidazole rings is 1. The quantitative estimate of drug-likeness (QED) is 0.883. The van der Waals surface area contributed by atoms with Crippen molar-refractivity contribution in [2.24, 2.45) is 5.92 Å². The molecule has 0 bridgehead atoms. The molecule has 1 aliphatic heterocycles. The van der Waals surface area contributed by atoms with Crippen LogP contribution in [-0.4, -0.2) is 39.4 Å². The number of fused-ring (bicyclic) bond motifs is 1. The van der Waals surface area contributed by atoms with Gasteiger partial charge in [-0.15, -0.1) is 0 Å². The van der Waals surface area contributed by atoms with Gasteiger partial charge in [0, 0.05) is 19.2 Å². The highest BCUT2D eigenvalue weighted by Gasteiger charge is 2.32. The number of aromatic nitrogens is 2. The van der Waals surface area contributed by atoms with Crippen LogP contribution in [-0.2, 0) is 16.1 Å². The lowest BCUT2D eigenvalue weighted by atomic mass is 10.1. The van der Waals surface area contributed by atoms with E-state index >= 15 is 0 Å². The van der Waals surface area contributed by atoms with Crippen LogP contribution >= 0.6 is 0 Å². The van der Waals surface area contributed by atoms with E-state index in [-0.39, 0.29) is 17.9 Å². The van der Waals surface area contributed by atoms with Gasteiger partial charge >= 0.3 is 0 Å². The summed E-state index contributed by atoms with van der Waals surface area (Å²) in [6.07, 6.45) is 7.22. The second kappa shape index (κ2) is 5.87. The van der Waals surface area contributed by atoms with Gasteiger partial charge in [0.25, 0.3) is 0 Å². The zero-order valence-electron chi connectivity index (χ0n) is 12.4. The van der Waals surface area contributed by atoms with Gasteiger partial charge in [0.1, 0.15) is 6.04 Å². The van der Waals surface area contributed by atoms with E-state index < -0.39 is 0 Å². The Balaban J connectivity index is 1.71. The van der Waals surface area contributed by atoms with Gasteiger partial charge in [-0.3, -0.25) is 9.59 Å². The van der Waals surface area contributed by atoms with Gasteiger partial charge in [0.15, 0.2) is 0 Å². The SMILES string of the molecule is CCCC(=O)N1Cc2cncn2C(C(=O)NCC2CC2)C1. The maximum atomic E-state index is 12.4.